The van der Waals surface area contributed by atoms with Crippen molar-refractivity contribution < 1.29 is 9.94 Å². The molecule has 1 N–H and O–H groups in total. The fourth-order valence-electron chi connectivity index (χ4n) is 2.43. The van der Waals surface area contributed by atoms with E-state index in [-0.39, 0.29) is 6.10 Å². The molecule has 1 heterocycles. The lowest BCUT2D eigenvalue weighted by Crippen LogP contribution is -1.98. The van der Waals surface area contributed by atoms with Gasteiger partial charge in [0.05, 0.1) is 12.8 Å². The Labute approximate surface area is 112 Å². The van der Waals surface area contributed by atoms with E-state index in [9.17, 15) is 0 Å². The van der Waals surface area contributed by atoms with E-state index in [1.54, 1.807) is 0 Å². The van der Waals surface area contributed by atoms with E-state index in [4.69, 9.17) is 9.94 Å². The molecule has 1 aliphatic rings. The van der Waals surface area contributed by atoms with Gasteiger partial charge in [-0.05, 0) is 35.2 Å². The van der Waals surface area contributed by atoms with Crippen molar-refractivity contribution in [2.24, 2.45) is 5.16 Å². The second-order valence-corrected chi connectivity index (χ2v) is 4.80. The molecule has 3 heteroatoms. The van der Waals surface area contributed by atoms with Crippen molar-refractivity contribution in [1.29, 1.82) is 0 Å². The molecule has 3 rings (SSSR count). The lowest BCUT2D eigenvalue weighted by atomic mass is 9.97. The Morgan fingerprint density at radius 3 is 2.74 bits per heavy atom. The number of nitrogens with zero attached hydrogens (tertiary/aromatic N) is 1. The van der Waals surface area contributed by atoms with E-state index in [1.165, 1.54) is 22.9 Å². The monoisotopic (exact) mass is 253 g/mol. The number of fused-ring (bicyclic) bond motifs is 1. The lowest BCUT2D eigenvalue weighted by Gasteiger charge is -2.12. The summed E-state index contributed by atoms with van der Waals surface area (Å²) in [5.74, 6) is 0. The molecular formula is C16H15NO2. The Morgan fingerprint density at radius 1 is 1.21 bits per heavy atom. The molecule has 0 spiro atoms. The number of aryl methyl sites for hydroxylation is 1. The summed E-state index contributed by atoms with van der Waals surface area (Å²) in [5.41, 5.74) is 5.65. The molecule has 0 saturated heterocycles. The van der Waals surface area contributed by atoms with Crippen LogP contribution in [-0.2, 0) is 11.3 Å². The molecule has 0 bridgehead atoms. The average Bonchev–Trinajstić information content (AvgIpc) is 2.83. The van der Waals surface area contributed by atoms with Crippen molar-refractivity contribution in [2.75, 3.05) is 0 Å². The van der Waals surface area contributed by atoms with E-state index in [2.05, 4.69) is 36.3 Å². The van der Waals surface area contributed by atoms with Gasteiger partial charge in [-0.25, -0.2) is 0 Å². The van der Waals surface area contributed by atoms with Crippen LogP contribution in [0.2, 0.25) is 0 Å². The van der Waals surface area contributed by atoms with Gasteiger partial charge < -0.3 is 9.94 Å². The minimum Gasteiger partial charge on any atom is -0.411 e. The van der Waals surface area contributed by atoms with Crippen LogP contribution >= 0.6 is 0 Å². The Bertz CT molecular complexity index is 617. The molecule has 19 heavy (non-hydrogen) atoms. The highest BCUT2D eigenvalue weighted by atomic mass is 16.5. The van der Waals surface area contributed by atoms with Gasteiger partial charge in [-0.2, -0.15) is 0 Å². The standard InChI is InChI=1S/C16H15NO2/c1-11-2-5-13(6-3-11)16-15-7-4-12(9-17-18)8-14(15)10-19-16/h2-9,16,18H,10H2,1H3/b17-9-. The fourth-order valence-corrected chi connectivity index (χ4v) is 2.43. The number of hydrogen-bond acceptors (Lipinski definition) is 3. The number of rotatable bonds is 2. The molecule has 0 radical (unpaired) electrons. The highest BCUT2D eigenvalue weighted by Crippen LogP contribution is 2.36. The summed E-state index contributed by atoms with van der Waals surface area (Å²) in [6, 6.07) is 14.4. The van der Waals surface area contributed by atoms with Gasteiger partial charge >= 0.3 is 0 Å². The Hall–Kier alpha value is -2.13. The predicted molar refractivity (Wildman–Crippen MR) is 73.6 cm³/mol. The van der Waals surface area contributed by atoms with Crippen LogP contribution in [0.3, 0.4) is 0 Å². The lowest BCUT2D eigenvalue weighted by molar-refractivity contribution is 0.0939. The highest BCUT2D eigenvalue weighted by molar-refractivity contribution is 5.79. The van der Waals surface area contributed by atoms with E-state index in [0.29, 0.717) is 6.61 Å². The van der Waals surface area contributed by atoms with E-state index in [1.807, 2.05) is 18.2 Å². The summed E-state index contributed by atoms with van der Waals surface area (Å²) in [5, 5.41) is 11.6. The van der Waals surface area contributed by atoms with Gasteiger partial charge in [-0.3, -0.25) is 0 Å². The van der Waals surface area contributed by atoms with Crippen LogP contribution in [0.1, 0.15) is 33.9 Å². The number of ether oxygens (including phenoxy) is 1. The molecule has 1 aliphatic heterocycles. The first-order valence-electron chi connectivity index (χ1n) is 6.26. The van der Waals surface area contributed by atoms with Crippen molar-refractivity contribution >= 4 is 6.21 Å². The van der Waals surface area contributed by atoms with Gasteiger partial charge in [0.25, 0.3) is 0 Å². The number of oxime groups is 1. The molecule has 0 saturated carbocycles. The molecule has 2 aromatic rings. The summed E-state index contributed by atoms with van der Waals surface area (Å²) in [4.78, 5) is 0. The van der Waals surface area contributed by atoms with Gasteiger partial charge in [-0.1, -0.05) is 47.1 Å². The third kappa shape index (κ3) is 2.25. The van der Waals surface area contributed by atoms with Gasteiger partial charge in [-0.15, -0.1) is 0 Å². The van der Waals surface area contributed by atoms with E-state index >= 15 is 0 Å². The van der Waals surface area contributed by atoms with Crippen LogP contribution in [0.15, 0.2) is 47.6 Å². The number of benzene rings is 2. The van der Waals surface area contributed by atoms with Gasteiger partial charge in [0.2, 0.25) is 0 Å². The zero-order chi connectivity index (χ0) is 13.2. The van der Waals surface area contributed by atoms with Crippen molar-refractivity contribution in [2.45, 2.75) is 19.6 Å². The Kier molecular flexibility index (Phi) is 3.05. The average molecular weight is 253 g/mol. The first-order chi connectivity index (χ1) is 9.28. The summed E-state index contributed by atoms with van der Waals surface area (Å²) < 4.78 is 5.88. The van der Waals surface area contributed by atoms with Crippen molar-refractivity contribution in [3.05, 3.63) is 70.3 Å². The maximum absolute atomic E-state index is 8.56. The minimum absolute atomic E-state index is 0.00992. The second-order valence-electron chi connectivity index (χ2n) is 4.80. The van der Waals surface area contributed by atoms with Crippen LogP contribution in [0, 0.1) is 6.92 Å². The third-order valence-electron chi connectivity index (χ3n) is 3.44. The van der Waals surface area contributed by atoms with E-state index in [0.717, 1.165) is 11.1 Å². The quantitative estimate of drug-likeness (QED) is 0.506. The first kappa shape index (κ1) is 11.9. The van der Waals surface area contributed by atoms with Crippen LogP contribution in [0.25, 0.3) is 0 Å². The summed E-state index contributed by atoms with van der Waals surface area (Å²) in [6.07, 6.45) is 1.44. The normalized spacial score (nSPS) is 17.8. The summed E-state index contributed by atoms with van der Waals surface area (Å²) in [7, 11) is 0. The third-order valence-corrected chi connectivity index (χ3v) is 3.44. The summed E-state index contributed by atoms with van der Waals surface area (Å²) >= 11 is 0. The van der Waals surface area contributed by atoms with Crippen LogP contribution in [-0.4, -0.2) is 11.4 Å². The Morgan fingerprint density at radius 2 is 2.00 bits per heavy atom. The zero-order valence-corrected chi connectivity index (χ0v) is 10.7. The van der Waals surface area contributed by atoms with Crippen molar-refractivity contribution in [1.82, 2.24) is 0 Å². The molecule has 1 unspecified atom stereocenters. The predicted octanol–water partition coefficient (Wildman–Crippen LogP) is 3.42. The molecular weight excluding hydrogens is 238 g/mol. The highest BCUT2D eigenvalue weighted by Gasteiger charge is 2.24. The number of hydrogen-bond donors (Lipinski definition) is 1. The van der Waals surface area contributed by atoms with Crippen LogP contribution < -0.4 is 0 Å². The second kappa shape index (κ2) is 4.86. The molecule has 0 aliphatic carbocycles. The Balaban J connectivity index is 1.96. The van der Waals surface area contributed by atoms with E-state index < -0.39 is 0 Å². The molecule has 0 fully saturated rings. The molecule has 1 atom stereocenters. The largest absolute Gasteiger partial charge is 0.411 e. The maximum atomic E-state index is 8.56. The molecule has 2 aromatic carbocycles. The maximum Gasteiger partial charge on any atom is 0.108 e. The zero-order valence-electron chi connectivity index (χ0n) is 10.7. The SMILES string of the molecule is Cc1ccc(C2OCc3cc(/C=N\O)ccc32)cc1. The van der Waals surface area contributed by atoms with Crippen LogP contribution in [0.5, 0.6) is 0 Å². The molecule has 0 aromatic heterocycles. The van der Waals surface area contributed by atoms with Crippen LogP contribution in [0.4, 0.5) is 0 Å². The van der Waals surface area contributed by atoms with Crippen molar-refractivity contribution in [3.63, 3.8) is 0 Å². The van der Waals surface area contributed by atoms with Gasteiger partial charge in [0.15, 0.2) is 0 Å². The van der Waals surface area contributed by atoms with Gasteiger partial charge in [0.1, 0.15) is 6.10 Å². The van der Waals surface area contributed by atoms with Gasteiger partial charge in [0, 0.05) is 0 Å². The minimum atomic E-state index is 0.00992. The van der Waals surface area contributed by atoms with Crippen molar-refractivity contribution in [3.8, 4) is 0 Å². The topological polar surface area (TPSA) is 41.8 Å². The first-order valence-corrected chi connectivity index (χ1v) is 6.26. The fraction of sp³-hybridized carbons (Fsp3) is 0.188. The smallest absolute Gasteiger partial charge is 0.108 e. The summed E-state index contributed by atoms with van der Waals surface area (Å²) in [6.45, 7) is 2.68. The molecule has 3 nitrogen and oxygen atoms in total. The molecule has 96 valence electrons. The molecule has 0 amide bonds.